The van der Waals surface area contributed by atoms with Crippen molar-refractivity contribution in [2.45, 2.75) is 12.5 Å². The van der Waals surface area contributed by atoms with Crippen LogP contribution >= 0.6 is 0 Å². The lowest BCUT2D eigenvalue weighted by molar-refractivity contribution is 0.212. The van der Waals surface area contributed by atoms with Crippen LogP contribution in [0, 0.1) is 5.92 Å². The Morgan fingerprint density at radius 3 is 2.91 bits per heavy atom. The minimum Gasteiger partial charge on any atom is -0.396 e. The van der Waals surface area contributed by atoms with E-state index in [1.807, 2.05) is 0 Å². The highest BCUT2D eigenvalue weighted by atomic mass is 19.1. The summed E-state index contributed by atoms with van der Waals surface area (Å²) in [6.45, 7) is 1.64. The van der Waals surface area contributed by atoms with Crippen molar-refractivity contribution in [3.63, 3.8) is 0 Å². The summed E-state index contributed by atoms with van der Waals surface area (Å²) in [5.74, 6) is -0.512. The van der Waals surface area contributed by atoms with Crippen LogP contribution in [-0.4, -0.2) is 17.3 Å². The molecule has 3 N–H and O–H groups in total. The summed E-state index contributed by atoms with van der Waals surface area (Å²) in [6, 6.07) is 0. The van der Waals surface area contributed by atoms with Crippen LogP contribution in [-0.2, 0) is 0 Å². The van der Waals surface area contributed by atoms with Crippen LogP contribution in [0.25, 0.3) is 0 Å². The number of nitrogens with two attached hydrogens (primary N) is 1. The lowest BCUT2D eigenvalue weighted by Gasteiger charge is -2.29. The van der Waals surface area contributed by atoms with Crippen molar-refractivity contribution in [1.29, 1.82) is 0 Å². The minimum atomic E-state index is -0.756. The average Bonchev–Trinajstić information content (AvgIpc) is 1.85. The summed E-state index contributed by atoms with van der Waals surface area (Å²) >= 11 is 0. The van der Waals surface area contributed by atoms with Crippen LogP contribution in [0.15, 0.2) is 24.1 Å². The Bertz CT molecular complexity index is 208. The Balaban J connectivity index is 2.84. The smallest absolute Gasteiger partial charge is 0.120 e. The van der Waals surface area contributed by atoms with Crippen molar-refractivity contribution in [2.75, 3.05) is 6.61 Å². The highest BCUT2D eigenvalue weighted by molar-refractivity contribution is 5.26. The molecule has 0 spiro atoms. The molecule has 0 aromatic heterocycles. The number of halogens is 1. The average molecular weight is 157 g/mol. The van der Waals surface area contributed by atoms with Crippen LogP contribution < -0.4 is 5.73 Å². The SMILES string of the molecule is C[C@@]1(N)C=C(F)C=CC1CO. The van der Waals surface area contributed by atoms with E-state index >= 15 is 0 Å². The summed E-state index contributed by atoms with van der Waals surface area (Å²) in [6.07, 6.45) is 4.25. The third kappa shape index (κ3) is 1.67. The number of rotatable bonds is 1. The lowest BCUT2D eigenvalue weighted by atomic mass is 9.83. The largest absolute Gasteiger partial charge is 0.396 e. The first-order valence-electron chi connectivity index (χ1n) is 3.52. The maximum Gasteiger partial charge on any atom is 0.120 e. The van der Waals surface area contributed by atoms with Crippen molar-refractivity contribution in [3.8, 4) is 0 Å². The molecule has 1 unspecified atom stereocenters. The topological polar surface area (TPSA) is 46.2 Å². The van der Waals surface area contributed by atoms with E-state index in [0.717, 1.165) is 0 Å². The standard InChI is InChI=1S/C8H12FNO/c1-8(10)4-7(9)3-2-6(8)5-11/h2-4,6,11H,5,10H2,1H3/t6?,8-/m1/s1. The third-order valence-corrected chi connectivity index (χ3v) is 1.93. The molecular weight excluding hydrogens is 145 g/mol. The Morgan fingerprint density at radius 1 is 1.82 bits per heavy atom. The molecule has 2 nitrogen and oxygen atoms in total. The van der Waals surface area contributed by atoms with Crippen LogP contribution in [0.4, 0.5) is 4.39 Å². The molecule has 62 valence electrons. The van der Waals surface area contributed by atoms with E-state index in [1.165, 1.54) is 12.2 Å². The van der Waals surface area contributed by atoms with E-state index in [-0.39, 0.29) is 18.4 Å². The summed E-state index contributed by atoms with van der Waals surface area (Å²) in [5, 5.41) is 8.83. The van der Waals surface area contributed by atoms with E-state index in [9.17, 15) is 4.39 Å². The first kappa shape index (κ1) is 8.43. The van der Waals surface area contributed by atoms with E-state index in [1.54, 1.807) is 13.0 Å². The molecule has 3 heteroatoms. The number of aliphatic hydroxyl groups is 1. The summed E-state index contributed by atoms with van der Waals surface area (Å²) in [5.41, 5.74) is 4.94. The van der Waals surface area contributed by atoms with Gasteiger partial charge < -0.3 is 10.8 Å². The highest BCUT2D eigenvalue weighted by Crippen LogP contribution is 2.24. The predicted octanol–water partition coefficient (Wildman–Crippen LogP) is 0.736. The fraction of sp³-hybridized carbons (Fsp3) is 0.500. The number of hydrogen-bond donors (Lipinski definition) is 2. The molecule has 1 aliphatic carbocycles. The fourth-order valence-electron chi connectivity index (χ4n) is 1.13. The lowest BCUT2D eigenvalue weighted by Crippen LogP contribution is -2.44. The van der Waals surface area contributed by atoms with Gasteiger partial charge in [-0.1, -0.05) is 6.08 Å². The van der Waals surface area contributed by atoms with Gasteiger partial charge in [-0.25, -0.2) is 4.39 Å². The summed E-state index contributed by atoms with van der Waals surface area (Å²) in [4.78, 5) is 0. The number of allylic oxidation sites excluding steroid dienone is 2. The Labute approximate surface area is 65.2 Å². The maximum absolute atomic E-state index is 12.6. The monoisotopic (exact) mass is 157 g/mol. The maximum atomic E-state index is 12.6. The predicted molar refractivity (Wildman–Crippen MR) is 41.5 cm³/mol. The van der Waals surface area contributed by atoms with Gasteiger partial charge in [-0.15, -0.1) is 0 Å². The second-order valence-corrected chi connectivity index (χ2v) is 3.04. The first-order chi connectivity index (χ1) is 5.06. The van der Waals surface area contributed by atoms with Gasteiger partial charge in [0.15, 0.2) is 0 Å². The number of aliphatic hydroxyl groups excluding tert-OH is 1. The summed E-state index contributed by atoms with van der Waals surface area (Å²) < 4.78 is 12.6. The molecule has 1 rings (SSSR count). The second-order valence-electron chi connectivity index (χ2n) is 3.04. The van der Waals surface area contributed by atoms with Crippen molar-refractivity contribution in [1.82, 2.24) is 0 Å². The molecule has 0 aromatic rings. The van der Waals surface area contributed by atoms with Gasteiger partial charge in [0.2, 0.25) is 0 Å². The highest BCUT2D eigenvalue weighted by Gasteiger charge is 2.28. The second kappa shape index (κ2) is 2.75. The van der Waals surface area contributed by atoms with Crippen molar-refractivity contribution in [3.05, 3.63) is 24.1 Å². The van der Waals surface area contributed by atoms with Crippen LogP contribution in [0.2, 0.25) is 0 Å². The molecule has 2 atom stereocenters. The van der Waals surface area contributed by atoms with E-state index in [0.29, 0.717) is 0 Å². The number of hydrogen-bond acceptors (Lipinski definition) is 2. The minimum absolute atomic E-state index is 0.0483. The van der Waals surface area contributed by atoms with E-state index < -0.39 is 5.54 Å². The molecule has 0 amide bonds. The van der Waals surface area contributed by atoms with Gasteiger partial charge in [-0.05, 0) is 19.1 Å². The van der Waals surface area contributed by atoms with Crippen molar-refractivity contribution < 1.29 is 9.50 Å². The van der Waals surface area contributed by atoms with Gasteiger partial charge >= 0.3 is 0 Å². The Hall–Kier alpha value is -0.670. The van der Waals surface area contributed by atoms with Gasteiger partial charge in [0.05, 0.1) is 6.61 Å². The zero-order valence-electron chi connectivity index (χ0n) is 6.42. The van der Waals surface area contributed by atoms with Crippen LogP contribution in [0.3, 0.4) is 0 Å². The van der Waals surface area contributed by atoms with E-state index in [4.69, 9.17) is 10.8 Å². The third-order valence-electron chi connectivity index (χ3n) is 1.93. The van der Waals surface area contributed by atoms with Gasteiger partial charge in [0.25, 0.3) is 0 Å². The summed E-state index contributed by atoms with van der Waals surface area (Å²) in [7, 11) is 0. The molecule has 0 aliphatic heterocycles. The molecule has 1 aliphatic rings. The molecule has 0 bridgehead atoms. The first-order valence-corrected chi connectivity index (χ1v) is 3.52. The Kier molecular flexibility index (Phi) is 2.11. The molecular formula is C8H12FNO. The molecule has 0 heterocycles. The van der Waals surface area contributed by atoms with Crippen molar-refractivity contribution >= 4 is 0 Å². The van der Waals surface area contributed by atoms with Gasteiger partial charge in [-0.3, -0.25) is 0 Å². The Morgan fingerprint density at radius 2 is 2.45 bits per heavy atom. The molecule has 0 saturated heterocycles. The van der Waals surface area contributed by atoms with Gasteiger partial charge in [0, 0.05) is 11.5 Å². The van der Waals surface area contributed by atoms with E-state index in [2.05, 4.69) is 0 Å². The molecule has 11 heavy (non-hydrogen) atoms. The zero-order valence-corrected chi connectivity index (χ0v) is 6.42. The fourth-order valence-corrected chi connectivity index (χ4v) is 1.13. The quantitative estimate of drug-likeness (QED) is 0.589. The molecule has 0 fully saturated rings. The zero-order chi connectivity index (χ0) is 8.48. The van der Waals surface area contributed by atoms with Gasteiger partial charge in [-0.2, -0.15) is 0 Å². The molecule has 0 aromatic carbocycles. The molecule has 0 radical (unpaired) electrons. The molecule has 0 saturated carbocycles. The normalized spacial score (nSPS) is 37.1. The van der Waals surface area contributed by atoms with Crippen LogP contribution in [0.1, 0.15) is 6.92 Å². The van der Waals surface area contributed by atoms with Crippen LogP contribution in [0.5, 0.6) is 0 Å². The van der Waals surface area contributed by atoms with Crippen molar-refractivity contribution in [2.24, 2.45) is 11.7 Å². The van der Waals surface area contributed by atoms with Gasteiger partial charge in [0.1, 0.15) is 5.83 Å².